The quantitative estimate of drug-likeness (QED) is 0.626. The number of aromatic nitrogens is 1. The molecule has 0 fully saturated rings. The van der Waals surface area contributed by atoms with Crippen LogP contribution < -0.4 is 0 Å². The maximum absolute atomic E-state index is 12.2. The Hall–Kier alpha value is -2.53. The topological polar surface area (TPSA) is 76.5 Å². The third kappa shape index (κ3) is 4.23. The molecule has 2 aromatic rings. The summed E-state index contributed by atoms with van der Waals surface area (Å²) in [5.41, 5.74) is -0.368. The summed E-state index contributed by atoms with van der Waals surface area (Å²) in [5.74, 6) is -0.964. The third-order valence-corrected chi connectivity index (χ3v) is 3.51. The van der Waals surface area contributed by atoms with Gasteiger partial charge in [0.1, 0.15) is 17.8 Å². The Labute approximate surface area is 134 Å². The number of nitrogens with zero attached hydrogens (tertiary/aromatic N) is 1. The molecule has 120 valence electrons. The number of rotatable bonds is 7. The lowest BCUT2D eigenvalue weighted by molar-refractivity contribution is -0.146. The van der Waals surface area contributed by atoms with Crippen LogP contribution in [0, 0.1) is 0 Å². The zero-order valence-electron chi connectivity index (χ0n) is 12.9. The van der Waals surface area contributed by atoms with E-state index in [1.54, 1.807) is 55.7 Å². The Morgan fingerprint density at radius 2 is 1.70 bits per heavy atom. The summed E-state index contributed by atoms with van der Waals surface area (Å²) in [4.78, 5) is 27.6. The molecule has 1 atom stereocenters. The number of esters is 1. The van der Waals surface area contributed by atoms with Gasteiger partial charge in [-0.3, -0.25) is 14.6 Å². The van der Waals surface area contributed by atoms with Crippen molar-refractivity contribution in [3.05, 3.63) is 66.0 Å². The van der Waals surface area contributed by atoms with Crippen LogP contribution >= 0.6 is 0 Å². The fraction of sp³-hybridized carbons (Fsp3) is 0.278. The molecule has 5 nitrogen and oxygen atoms in total. The first-order valence-corrected chi connectivity index (χ1v) is 7.42. The van der Waals surface area contributed by atoms with Gasteiger partial charge in [0.15, 0.2) is 0 Å². The average molecular weight is 313 g/mol. The highest BCUT2D eigenvalue weighted by Crippen LogP contribution is 2.33. The van der Waals surface area contributed by atoms with Crippen LogP contribution in [0.25, 0.3) is 0 Å². The van der Waals surface area contributed by atoms with Crippen molar-refractivity contribution < 1.29 is 19.4 Å². The van der Waals surface area contributed by atoms with Gasteiger partial charge in [0.25, 0.3) is 0 Å². The van der Waals surface area contributed by atoms with Gasteiger partial charge in [-0.05, 0) is 30.2 Å². The average Bonchev–Trinajstić information content (AvgIpc) is 2.56. The lowest BCUT2D eigenvalue weighted by Crippen LogP contribution is -2.31. The molecule has 1 heterocycles. The van der Waals surface area contributed by atoms with E-state index >= 15 is 0 Å². The second kappa shape index (κ2) is 7.65. The fourth-order valence-corrected chi connectivity index (χ4v) is 2.43. The van der Waals surface area contributed by atoms with Crippen LogP contribution in [-0.2, 0) is 19.9 Å². The number of benzene rings is 1. The minimum atomic E-state index is -1.51. The van der Waals surface area contributed by atoms with Gasteiger partial charge in [-0.2, -0.15) is 0 Å². The molecule has 23 heavy (non-hydrogen) atoms. The van der Waals surface area contributed by atoms with E-state index in [2.05, 4.69) is 4.98 Å². The Morgan fingerprint density at radius 1 is 1.09 bits per heavy atom. The number of hydrogen-bond acceptors (Lipinski definition) is 5. The predicted octanol–water partition coefficient (Wildman–Crippen LogP) is 2.23. The molecule has 2 rings (SSSR count). The SMILES string of the molecule is CCOC(=O)CC(=O)CC(O)(c1ccccc1)c1ccncc1. The Kier molecular flexibility index (Phi) is 5.60. The number of carbonyl (C=O) groups excluding carboxylic acids is 2. The molecule has 0 spiro atoms. The third-order valence-electron chi connectivity index (χ3n) is 3.51. The van der Waals surface area contributed by atoms with E-state index < -0.39 is 11.6 Å². The maximum atomic E-state index is 12.2. The van der Waals surface area contributed by atoms with Crippen molar-refractivity contribution in [1.82, 2.24) is 4.98 Å². The summed E-state index contributed by atoms with van der Waals surface area (Å²) in [6.07, 6.45) is 2.55. The van der Waals surface area contributed by atoms with Gasteiger partial charge in [-0.15, -0.1) is 0 Å². The van der Waals surface area contributed by atoms with Crippen molar-refractivity contribution in [1.29, 1.82) is 0 Å². The molecular formula is C18H19NO4. The van der Waals surface area contributed by atoms with Crippen molar-refractivity contribution in [2.24, 2.45) is 0 Å². The van der Waals surface area contributed by atoms with Crippen LogP contribution in [0.2, 0.25) is 0 Å². The summed E-state index contributed by atoms with van der Waals surface area (Å²) in [5, 5.41) is 11.2. The highest BCUT2D eigenvalue weighted by atomic mass is 16.5. The lowest BCUT2D eigenvalue weighted by Gasteiger charge is -2.28. The molecule has 0 saturated heterocycles. The predicted molar refractivity (Wildman–Crippen MR) is 84.6 cm³/mol. The molecule has 1 unspecified atom stereocenters. The van der Waals surface area contributed by atoms with E-state index in [0.717, 1.165) is 0 Å². The number of carbonyl (C=O) groups is 2. The highest BCUT2D eigenvalue weighted by molar-refractivity contribution is 5.96. The minimum Gasteiger partial charge on any atom is -0.466 e. The number of aliphatic hydroxyl groups is 1. The van der Waals surface area contributed by atoms with Gasteiger partial charge < -0.3 is 9.84 Å². The molecule has 0 saturated carbocycles. The second-order valence-corrected chi connectivity index (χ2v) is 5.16. The van der Waals surface area contributed by atoms with E-state index in [-0.39, 0.29) is 25.2 Å². The van der Waals surface area contributed by atoms with Gasteiger partial charge in [-0.1, -0.05) is 30.3 Å². The molecule has 0 bridgehead atoms. The molecule has 0 aliphatic carbocycles. The number of ether oxygens (including phenoxy) is 1. The molecule has 1 aromatic carbocycles. The van der Waals surface area contributed by atoms with Crippen LogP contribution in [0.15, 0.2) is 54.9 Å². The van der Waals surface area contributed by atoms with E-state index in [1.165, 1.54) is 0 Å². The second-order valence-electron chi connectivity index (χ2n) is 5.16. The van der Waals surface area contributed by atoms with Crippen LogP contribution in [-0.4, -0.2) is 28.4 Å². The normalized spacial score (nSPS) is 13.1. The summed E-state index contributed by atoms with van der Waals surface area (Å²) in [7, 11) is 0. The minimum absolute atomic E-state index is 0.208. The monoisotopic (exact) mass is 313 g/mol. The zero-order valence-corrected chi connectivity index (χ0v) is 12.9. The van der Waals surface area contributed by atoms with Gasteiger partial charge in [0.2, 0.25) is 0 Å². The molecule has 0 amide bonds. The summed E-state index contributed by atoms with van der Waals surface area (Å²) in [6, 6.07) is 12.2. The van der Waals surface area contributed by atoms with Gasteiger partial charge in [-0.25, -0.2) is 0 Å². The molecule has 0 aliphatic rings. The van der Waals surface area contributed by atoms with Crippen molar-refractivity contribution in [2.75, 3.05) is 6.61 Å². The van der Waals surface area contributed by atoms with E-state index in [1.807, 2.05) is 6.07 Å². The Bertz CT molecular complexity index is 616. The number of ketones is 1. The smallest absolute Gasteiger partial charge is 0.313 e. The standard InChI is InChI=1S/C18H19NO4/c1-2-23-17(21)12-16(20)13-18(22,14-6-4-3-5-7-14)15-8-10-19-11-9-15/h3-11,22H,2,12-13H2,1H3. The fourth-order valence-electron chi connectivity index (χ4n) is 2.43. The largest absolute Gasteiger partial charge is 0.466 e. The van der Waals surface area contributed by atoms with E-state index in [0.29, 0.717) is 11.1 Å². The van der Waals surface area contributed by atoms with E-state index in [9.17, 15) is 14.7 Å². The first-order chi connectivity index (χ1) is 11.1. The van der Waals surface area contributed by atoms with E-state index in [4.69, 9.17) is 4.74 Å². The first kappa shape index (κ1) is 16.8. The van der Waals surface area contributed by atoms with Gasteiger partial charge in [0.05, 0.1) is 6.61 Å². The van der Waals surface area contributed by atoms with Gasteiger partial charge >= 0.3 is 5.97 Å². The zero-order chi connectivity index (χ0) is 16.7. The molecule has 1 N–H and O–H groups in total. The van der Waals surface area contributed by atoms with Crippen LogP contribution in [0.3, 0.4) is 0 Å². The Morgan fingerprint density at radius 3 is 2.30 bits per heavy atom. The first-order valence-electron chi connectivity index (χ1n) is 7.42. The lowest BCUT2D eigenvalue weighted by atomic mass is 9.82. The highest BCUT2D eigenvalue weighted by Gasteiger charge is 2.34. The van der Waals surface area contributed by atoms with Gasteiger partial charge in [0, 0.05) is 18.8 Å². The maximum Gasteiger partial charge on any atom is 0.313 e. The summed E-state index contributed by atoms with van der Waals surface area (Å²) in [6.45, 7) is 1.90. The molecule has 0 radical (unpaired) electrons. The van der Waals surface area contributed by atoms with Crippen molar-refractivity contribution in [3.63, 3.8) is 0 Å². The Balaban J connectivity index is 2.29. The summed E-state index contributed by atoms with van der Waals surface area (Å²) < 4.78 is 4.79. The van der Waals surface area contributed by atoms with Crippen molar-refractivity contribution in [2.45, 2.75) is 25.4 Å². The van der Waals surface area contributed by atoms with Crippen LogP contribution in [0.1, 0.15) is 30.9 Å². The number of hydrogen-bond donors (Lipinski definition) is 1. The molecular weight excluding hydrogens is 294 g/mol. The van der Waals surface area contributed by atoms with Crippen LogP contribution in [0.5, 0.6) is 0 Å². The number of Topliss-reactive ketones (excluding diaryl/α,β-unsaturated/α-hetero) is 1. The van der Waals surface area contributed by atoms with Crippen molar-refractivity contribution in [3.8, 4) is 0 Å². The molecule has 5 heteroatoms. The van der Waals surface area contributed by atoms with Crippen LogP contribution in [0.4, 0.5) is 0 Å². The molecule has 1 aromatic heterocycles. The van der Waals surface area contributed by atoms with Crippen molar-refractivity contribution >= 4 is 11.8 Å². The molecule has 0 aliphatic heterocycles. The summed E-state index contributed by atoms with van der Waals surface area (Å²) >= 11 is 0. The number of pyridine rings is 1.